The predicted molar refractivity (Wildman–Crippen MR) is 123 cm³/mol. The number of anilines is 1. The molecule has 0 fully saturated rings. The van der Waals surface area contributed by atoms with Crippen molar-refractivity contribution in [3.8, 4) is 5.75 Å². The fraction of sp³-hybridized carbons (Fsp3) is 0.143. The standard InChI is InChI=1S/C21H18N4O6S2/c1-3-18-23-24-21(32-18)25-33(28,29)15-7-4-13(5-8-15)22-19(26)16-11-12-10-14(30-2)6-9-17(12)31-20(16)27/h4-11H,3H2,1-2H3,(H2,22,24,25,26)/p-1. The fourth-order valence-corrected chi connectivity index (χ4v) is 4.66. The van der Waals surface area contributed by atoms with Crippen molar-refractivity contribution in [2.24, 2.45) is 0 Å². The van der Waals surface area contributed by atoms with Crippen LogP contribution >= 0.6 is 11.3 Å². The molecule has 1 amide bonds. The Bertz CT molecular complexity index is 1490. The summed E-state index contributed by atoms with van der Waals surface area (Å²) in [6.07, 6.45) is 0.630. The monoisotopic (exact) mass is 485 g/mol. The third-order valence-electron chi connectivity index (χ3n) is 4.55. The molecular weight excluding hydrogens is 468 g/mol. The maximum atomic E-state index is 12.6. The highest BCUT2D eigenvalue weighted by atomic mass is 32.2. The van der Waals surface area contributed by atoms with Gasteiger partial charge in [-0.2, -0.15) is 0 Å². The Labute approximate surface area is 192 Å². The number of hydrogen-bond acceptors (Lipinski definition) is 9. The summed E-state index contributed by atoms with van der Waals surface area (Å²) in [5.41, 5.74) is -0.400. The van der Waals surface area contributed by atoms with Crippen LogP contribution in [-0.2, 0) is 16.4 Å². The summed E-state index contributed by atoms with van der Waals surface area (Å²) >= 11 is 1.10. The SMILES string of the molecule is CCc1nnc([N-]S(=O)(=O)c2ccc(NC(=O)c3cc4cc(OC)ccc4oc3=O)cc2)s1. The van der Waals surface area contributed by atoms with Crippen molar-refractivity contribution >= 4 is 49.1 Å². The lowest BCUT2D eigenvalue weighted by Gasteiger charge is -2.12. The van der Waals surface area contributed by atoms with Crippen molar-refractivity contribution < 1.29 is 22.4 Å². The summed E-state index contributed by atoms with van der Waals surface area (Å²) in [5.74, 6) is -0.154. The fourth-order valence-electron chi connectivity index (χ4n) is 2.88. The number of aryl methyl sites for hydroxylation is 1. The first-order chi connectivity index (χ1) is 15.8. The first-order valence-electron chi connectivity index (χ1n) is 9.63. The van der Waals surface area contributed by atoms with Crippen LogP contribution in [0.4, 0.5) is 10.8 Å². The Morgan fingerprint density at radius 2 is 1.91 bits per heavy atom. The van der Waals surface area contributed by atoms with Crippen LogP contribution in [0, 0.1) is 0 Å². The second-order valence-electron chi connectivity index (χ2n) is 6.73. The van der Waals surface area contributed by atoms with E-state index in [0.717, 1.165) is 11.3 Å². The zero-order valence-electron chi connectivity index (χ0n) is 17.4. The van der Waals surface area contributed by atoms with Gasteiger partial charge in [0.1, 0.15) is 16.9 Å². The van der Waals surface area contributed by atoms with Gasteiger partial charge in [-0.1, -0.05) is 6.92 Å². The number of aromatic nitrogens is 2. The quantitative estimate of drug-likeness (QED) is 0.389. The first kappa shape index (κ1) is 22.4. The first-order valence-corrected chi connectivity index (χ1v) is 11.9. The van der Waals surface area contributed by atoms with Crippen LogP contribution in [0.25, 0.3) is 15.7 Å². The second-order valence-corrected chi connectivity index (χ2v) is 9.37. The van der Waals surface area contributed by atoms with Crippen LogP contribution in [0.2, 0.25) is 0 Å². The van der Waals surface area contributed by atoms with Gasteiger partial charge < -0.3 is 24.3 Å². The molecule has 2 aromatic carbocycles. The number of nitrogens with one attached hydrogen (secondary N) is 1. The molecule has 2 heterocycles. The van der Waals surface area contributed by atoms with E-state index in [1.807, 2.05) is 6.92 Å². The van der Waals surface area contributed by atoms with Crippen LogP contribution in [0.1, 0.15) is 22.3 Å². The van der Waals surface area contributed by atoms with E-state index < -0.39 is 21.6 Å². The second kappa shape index (κ2) is 9.00. The highest BCUT2D eigenvalue weighted by Crippen LogP contribution is 2.31. The number of fused-ring (bicyclic) bond motifs is 1. The Morgan fingerprint density at radius 1 is 1.15 bits per heavy atom. The van der Waals surface area contributed by atoms with Crippen molar-refractivity contribution in [3.05, 3.63) is 74.2 Å². The highest BCUT2D eigenvalue weighted by Gasteiger charge is 2.16. The largest absolute Gasteiger partial charge is 0.497 e. The molecule has 0 aliphatic heterocycles. The molecule has 10 nitrogen and oxygen atoms in total. The molecule has 12 heteroatoms. The van der Waals surface area contributed by atoms with Gasteiger partial charge in [-0.3, -0.25) is 9.89 Å². The minimum Gasteiger partial charge on any atom is -0.497 e. The number of ether oxygens (including phenoxy) is 1. The number of sulfonamides is 1. The molecule has 33 heavy (non-hydrogen) atoms. The molecule has 2 aromatic heterocycles. The summed E-state index contributed by atoms with van der Waals surface area (Å²) in [5, 5.41) is 11.4. The van der Waals surface area contributed by atoms with Crippen molar-refractivity contribution in [1.82, 2.24) is 10.2 Å². The van der Waals surface area contributed by atoms with E-state index in [4.69, 9.17) is 9.15 Å². The Kier molecular flexibility index (Phi) is 6.11. The number of amides is 1. The van der Waals surface area contributed by atoms with Gasteiger partial charge in [-0.15, -0.1) is 11.3 Å². The molecule has 0 bridgehead atoms. The molecule has 1 N–H and O–H groups in total. The third kappa shape index (κ3) is 4.86. The van der Waals surface area contributed by atoms with E-state index in [1.165, 1.54) is 37.4 Å². The Hall–Kier alpha value is -3.77. The van der Waals surface area contributed by atoms with Gasteiger partial charge in [-0.05, 0) is 55.0 Å². The molecule has 0 spiro atoms. The number of nitrogens with zero attached hydrogens (tertiary/aromatic N) is 3. The molecule has 0 radical (unpaired) electrons. The molecule has 0 unspecified atom stereocenters. The van der Waals surface area contributed by atoms with Gasteiger partial charge in [0.15, 0.2) is 0 Å². The van der Waals surface area contributed by atoms with Gasteiger partial charge in [0, 0.05) is 16.2 Å². The molecule has 0 aliphatic carbocycles. The number of carbonyl (C=O) groups excluding carboxylic acids is 1. The van der Waals surface area contributed by atoms with Crippen molar-refractivity contribution in [1.29, 1.82) is 0 Å². The Morgan fingerprint density at radius 3 is 2.58 bits per heavy atom. The zero-order chi connectivity index (χ0) is 23.6. The van der Waals surface area contributed by atoms with Crippen molar-refractivity contribution in [2.75, 3.05) is 12.4 Å². The van der Waals surface area contributed by atoms with E-state index in [2.05, 4.69) is 20.2 Å². The van der Waals surface area contributed by atoms with Crippen LogP contribution in [0.3, 0.4) is 0 Å². The number of rotatable bonds is 7. The molecule has 0 aliphatic rings. The maximum Gasteiger partial charge on any atom is 0.349 e. The van der Waals surface area contributed by atoms with Crippen LogP contribution in [0.5, 0.6) is 5.75 Å². The zero-order valence-corrected chi connectivity index (χ0v) is 19.1. The number of methoxy groups -OCH3 is 1. The summed E-state index contributed by atoms with van der Waals surface area (Å²) in [6, 6.07) is 11.6. The van der Waals surface area contributed by atoms with E-state index in [-0.39, 0.29) is 21.3 Å². The molecule has 4 aromatic rings. The summed E-state index contributed by atoms with van der Waals surface area (Å²) < 4.78 is 39.0. The average molecular weight is 486 g/mol. The molecular formula is C21H17N4O6S2-. The topological polar surface area (TPSA) is 143 Å². The molecule has 170 valence electrons. The minimum absolute atomic E-state index is 0.0453. The van der Waals surface area contributed by atoms with Crippen molar-refractivity contribution in [2.45, 2.75) is 18.2 Å². The average Bonchev–Trinajstić information content (AvgIpc) is 3.25. The highest BCUT2D eigenvalue weighted by molar-refractivity contribution is 7.94. The predicted octanol–water partition coefficient (Wildman–Crippen LogP) is 3.86. The molecule has 4 rings (SSSR count). The minimum atomic E-state index is -4.00. The maximum absolute atomic E-state index is 12.6. The van der Waals surface area contributed by atoms with Crippen molar-refractivity contribution in [3.63, 3.8) is 0 Å². The summed E-state index contributed by atoms with van der Waals surface area (Å²) in [4.78, 5) is 24.8. The lowest BCUT2D eigenvalue weighted by Crippen LogP contribution is -2.20. The summed E-state index contributed by atoms with van der Waals surface area (Å²) in [7, 11) is -2.50. The van der Waals surface area contributed by atoms with Gasteiger partial charge >= 0.3 is 5.63 Å². The van der Waals surface area contributed by atoms with E-state index >= 15 is 0 Å². The smallest absolute Gasteiger partial charge is 0.349 e. The van der Waals surface area contributed by atoms with Gasteiger partial charge in [0.25, 0.3) is 5.91 Å². The summed E-state index contributed by atoms with van der Waals surface area (Å²) in [6.45, 7) is 1.88. The van der Waals surface area contributed by atoms with Gasteiger partial charge in [-0.25, -0.2) is 13.2 Å². The lowest BCUT2D eigenvalue weighted by atomic mass is 10.1. The van der Waals surface area contributed by atoms with Gasteiger partial charge in [0.05, 0.1) is 17.0 Å². The number of benzene rings is 2. The lowest BCUT2D eigenvalue weighted by molar-refractivity contribution is 0.102. The molecule has 0 saturated carbocycles. The van der Waals surface area contributed by atoms with E-state index in [0.29, 0.717) is 28.1 Å². The van der Waals surface area contributed by atoms with Crippen LogP contribution < -0.4 is 15.7 Å². The van der Waals surface area contributed by atoms with Crippen LogP contribution in [-0.4, -0.2) is 31.6 Å². The molecule has 0 atom stereocenters. The van der Waals surface area contributed by atoms with E-state index in [9.17, 15) is 18.0 Å². The normalized spacial score (nSPS) is 11.3. The number of hydrogen-bond donors (Lipinski definition) is 1. The Balaban J connectivity index is 1.52. The third-order valence-corrected chi connectivity index (χ3v) is 6.91. The number of carbonyl (C=O) groups is 1. The van der Waals surface area contributed by atoms with Gasteiger partial charge in [0.2, 0.25) is 10.0 Å². The van der Waals surface area contributed by atoms with E-state index in [1.54, 1.807) is 18.2 Å². The molecule has 0 saturated heterocycles. The van der Waals surface area contributed by atoms with Crippen LogP contribution in [0.15, 0.2) is 62.6 Å².